The first-order valence-electron chi connectivity index (χ1n) is 16.8. The number of hydrogen-bond donors (Lipinski definition) is 1. The van der Waals surface area contributed by atoms with Gasteiger partial charge in [0.05, 0.1) is 6.10 Å². The third-order valence-electron chi connectivity index (χ3n) is 12.8. The Balaban J connectivity index is 1.52. The highest BCUT2D eigenvalue weighted by molar-refractivity contribution is 6.99. The van der Waals surface area contributed by atoms with Crippen molar-refractivity contribution in [2.75, 3.05) is 6.61 Å². The Morgan fingerprint density at radius 2 is 1.55 bits per heavy atom. The molecule has 0 heterocycles. The van der Waals surface area contributed by atoms with Crippen LogP contribution in [0.15, 0.2) is 60.7 Å². The molecule has 2 bridgehead atoms. The van der Waals surface area contributed by atoms with Crippen molar-refractivity contribution in [3.8, 4) is 0 Å². The van der Waals surface area contributed by atoms with E-state index in [1.54, 1.807) is 0 Å². The Morgan fingerprint density at radius 1 is 0.977 bits per heavy atom. The van der Waals surface area contributed by atoms with Crippen LogP contribution in [0.1, 0.15) is 93.9 Å². The summed E-state index contributed by atoms with van der Waals surface area (Å²) in [5.74, 6) is -0.116. The van der Waals surface area contributed by atoms with Crippen LogP contribution in [0.5, 0.6) is 0 Å². The summed E-state index contributed by atoms with van der Waals surface area (Å²) in [6.07, 6.45) is 3.49. The van der Waals surface area contributed by atoms with Gasteiger partial charge in [-0.25, -0.2) is 4.79 Å². The normalized spacial score (nSPS) is 35.8. The second-order valence-corrected chi connectivity index (χ2v) is 20.1. The maximum Gasteiger partial charge on any atom is 0.331 e. The zero-order valence-corrected chi connectivity index (χ0v) is 29.2. The predicted octanol–water partition coefficient (Wildman–Crippen LogP) is 6.69. The summed E-state index contributed by atoms with van der Waals surface area (Å²) >= 11 is 0. The minimum Gasteiger partial charge on any atom is -0.460 e. The Kier molecular flexibility index (Phi) is 8.89. The summed E-state index contributed by atoms with van der Waals surface area (Å²) < 4.78 is 13.6. The van der Waals surface area contributed by atoms with Gasteiger partial charge in [0.15, 0.2) is 0 Å². The van der Waals surface area contributed by atoms with E-state index in [4.69, 9.17) is 9.16 Å². The molecule has 0 aliphatic heterocycles. The van der Waals surface area contributed by atoms with Crippen LogP contribution in [-0.2, 0) is 18.8 Å². The maximum atomic E-state index is 14.1. The van der Waals surface area contributed by atoms with Crippen LogP contribution in [0.25, 0.3) is 0 Å². The van der Waals surface area contributed by atoms with Gasteiger partial charge in [-0.2, -0.15) is 0 Å². The number of rotatable bonds is 7. The molecule has 0 spiro atoms. The molecule has 44 heavy (non-hydrogen) atoms. The highest BCUT2D eigenvalue weighted by Crippen LogP contribution is 2.68. The summed E-state index contributed by atoms with van der Waals surface area (Å²) in [6.45, 7) is 17.3. The zero-order chi connectivity index (χ0) is 32.1. The lowest BCUT2D eigenvalue weighted by molar-refractivity contribution is -0.213. The lowest BCUT2D eigenvalue weighted by Gasteiger charge is -2.62. The average Bonchev–Trinajstić information content (AvgIpc) is 3.36. The number of esters is 1. The SMILES string of the molecule is CC[C@]1(C)C[C@@H](OC(=O)CO[Si](c2ccccc2)(c2ccccc2)C(C)(C)C)[C@@]2(C)C3C(=O)CC[C@@]3(CC[C@H]2C)[C@@H](C)[C@@H]1O. The average molecular weight is 619 g/mol. The van der Waals surface area contributed by atoms with Gasteiger partial charge in [-0.15, -0.1) is 0 Å². The first kappa shape index (κ1) is 33.1. The van der Waals surface area contributed by atoms with E-state index in [9.17, 15) is 14.7 Å². The monoisotopic (exact) mass is 618 g/mol. The largest absolute Gasteiger partial charge is 0.460 e. The fourth-order valence-electron chi connectivity index (χ4n) is 9.83. The number of ketones is 1. The van der Waals surface area contributed by atoms with Crippen molar-refractivity contribution in [2.24, 2.45) is 34.0 Å². The molecule has 3 aliphatic rings. The fraction of sp³-hybridized carbons (Fsp3) is 0.632. The molecule has 5 nitrogen and oxygen atoms in total. The van der Waals surface area contributed by atoms with Crippen molar-refractivity contribution in [1.29, 1.82) is 0 Å². The predicted molar refractivity (Wildman–Crippen MR) is 178 cm³/mol. The van der Waals surface area contributed by atoms with E-state index < -0.39 is 31.4 Å². The number of carbonyl (C=O) groups is 2. The molecule has 8 atom stereocenters. The van der Waals surface area contributed by atoms with Crippen LogP contribution in [-0.4, -0.2) is 44.0 Å². The number of benzene rings is 2. The molecule has 0 amide bonds. The second kappa shape index (κ2) is 11.8. The van der Waals surface area contributed by atoms with Crippen molar-refractivity contribution in [1.82, 2.24) is 0 Å². The molecule has 1 unspecified atom stereocenters. The number of hydrogen-bond acceptors (Lipinski definition) is 5. The van der Waals surface area contributed by atoms with Crippen molar-refractivity contribution in [3.05, 3.63) is 60.7 Å². The Hall–Kier alpha value is -2.28. The van der Waals surface area contributed by atoms with Gasteiger partial charge in [0.2, 0.25) is 0 Å². The molecule has 0 radical (unpaired) electrons. The van der Waals surface area contributed by atoms with E-state index in [1.807, 2.05) is 36.4 Å². The van der Waals surface area contributed by atoms with Crippen LogP contribution in [0.4, 0.5) is 0 Å². The third kappa shape index (κ3) is 5.04. The van der Waals surface area contributed by atoms with Crippen molar-refractivity contribution in [3.63, 3.8) is 0 Å². The molecule has 2 aromatic carbocycles. The first-order chi connectivity index (χ1) is 20.7. The summed E-state index contributed by atoms with van der Waals surface area (Å²) in [5.41, 5.74) is -1.21. The zero-order valence-electron chi connectivity index (χ0n) is 28.2. The molecule has 0 aromatic heterocycles. The highest BCUT2D eigenvalue weighted by Gasteiger charge is 2.68. The Labute approximate surface area is 266 Å². The van der Waals surface area contributed by atoms with Crippen molar-refractivity contribution >= 4 is 30.4 Å². The van der Waals surface area contributed by atoms with E-state index in [2.05, 4.69) is 79.7 Å². The lowest BCUT2D eigenvalue weighted by Crippen LogP contribution is -2.67. The van der Waals surface area contributed by atoms with Crippen LogP contribution >= 0.6 is 0 Å². The van der Waals surface area contributed by atoms with E-state index in [1.165, 1.54) is 0 Å². The number of aliphatic hydroxyl groups excluding tert-OH is 1. The maximum absolute atomic E-state index is 14.1. The highest BCUT2D eigenvalue weighted by atomic mass is 28.4. The number of aliphatic hydroxyl groups is 1. The molecule has 0 saturated heterocycles. The quantitative estimate of drug-likeness (QED) is 0.276. The van der Waals surface area contributed by atoms with Gasteiger partial charge in [-0.1, -0.05) is 116 Å². The van der Waals surface area contributed by atoms with E-state index in [-0.39, 0.29) is 46.6 Å². The Bertz CT molecular complexity index is 1300. The van der Waals surface area contributed by atoms with Gasteiger partial charge in [0.25, 0.3) is 8.32 Å². The molecule has 3 aliphatic carbocycles. The molecule has 3 fully saturated rings. The summed E-state index contributed by atoms with van der Waals surface area (Å²) in [7, 11) is -2.94. The third-order valence-corrected chi connectivity index (χ3v) is 17.8. The summed E-state index contributed by atoms with van der Waals surface area (Å²) in [6, 6.07) is 20.7. The van der Waals surface area contributed by atoms with Gasteiger partial charge in [0.1, 0.15) is 18.5 Å². The number of carbonyl (C=O) groups excluding carboxylic acids is 2. The minimum atomic E-state index is -2.94. The topological polar surface area (TPSA) is 72.8 Å². The van der Waals surface area contributed by atoms with Crippen LogP contribution in [0.2, 0.25) is 5.04 Å². The van der Waals surface area contributed by atoms with E-state index in [0.29, 0.717) is 12.8 Å². The molecule has 6 heteroatoms. The van der Waals surface area contributed by atoms with Crippen LogP contribution in [0.3, 0.4) is 0 Å². The summed E-state index contributed by atoms with van der Waals surface area (Å²) in [5, 5.41) is 13.9. The smallest absolute Gasteiger partial charge is 0.331 e. The van der Waals surface area contributed by atoms with Gasteiger partial charge >= 0.3 is 5.97 Å². The van der Waals surface area contributed by atoms with Gasteiger partial charge < -0.3 is 14.3 Å². The Morgan fingerprint density at radius 3 is 2.07 bits per heavy atom. The molecular weight excluding hydrogens is 564 g/mol. The van der Waals surface area contributed by atoms with Crippen molar-refractivity contribution < 1.29 is 23.9 Å². The van der Waals surface area contributed by atoms with Gasteiger partial charge in [-0.05, 0) is 70.2 Å². The summed E-state index contributed by atoms with van der Waals surface area (Å²) in [4.78, 5) is 27.9. The molecule has 5 rings (SSSR count). The lowest BCUT2D eigenvalue weighted by atomic mass is 9.43. The number of Topliss-reactive ketones (excluding diaryl/α,β-unsaturated/α-hetero) is 1. The van der Waals surface area contributed by atoms with Crippen LogP contribution in [0, 0.1) is 34.0 Å². The van der Waals surface area contributed by atoms with E-state index in [0.717, 1.165) is 36.1 Å². The van der Waals surface area contributed by atoms with Gasteiger partial charge in [0, 0.05) is 17.8 Å². The molecule has 240 valence electrons. The molecule has 3 saturated carbocycles. The second-order valence-electron chi connectivity index (χ2n) is 15.8. The standard InChI is InChI=1S/C38H54O5Si/c1-9-36(7)24-31(37(8)26(2)20-22-38(27(3)34(36)41)23-21-30(39)33(37)38)43-32(40)25-42-44(35(4,5)6,28-16-12-10-13-17-28)29-18-14-11-15-19-29/h10-19,26-27,31,33-34,41H,9,20-25H2,1-8H3/t26-,27+,31-,33?,34+,36-,37+,38+/m1/s1. The fourth-order valence-corrected chi connectivity index (χ4v) is 14.3. The first-order valence-corrected chi connectivity index (χ1v) is 18.7. The molecule has 1 N–H and O–H groups in total. The molecular formula is C38H54O5Si. The van der Waals surface area contributed by atoms with E-state index >= 15 is 0 Å². The number of ether oxygens (including phenoxy) is 1. The van der Waals surface area contributed by atoms with Crippen LogP contribution < -0.4 is 10.4 Å². The molecule has 2 aromatic rings. The van der Waals surface area contributed by atoms with Crippen molar-refractivity contribution in [2.45, 2.75) is 111 Å². The van der Waals surface area contributed by atoms with Gasteiger partial charge in [-0.3, -0.25) is 4.79 Å². The minimum absolute atomic E-state index is 0.00542.